The van der Waals surface area contributed by atoms with Crippen LogP contribution in [-0.2, 0) is 27.2 Å². The van der Waals surface area contributed by atoms with Crippen molar-refractivity contribution in [3.8, 4) is 0 Å². The van der Waals surface area contributed by atoms with Gasteiger partial charge < -0.3 is 20.3 Å². The minimum atomic E-state index is -0.413. The van der Waals surface area contributed by atoms with Gasteiger partial charge in [-0.15, -0.1) is 0 Å². The molecule has 0 atom stereocenters. The minimum absolute atomic E-state index is 0.245. The van der Waals surface area contributed by atoms with Crippen LogP contribution in [0.1, 0.15) is 35.6 Å². The van der Waals surface area contributed by atoms with E-state index < -0.39 is 5.82 Å². The van der Waals surface area contributed by atoms with E-state index in [1.165, 1.54) is 17.7 Å². The lowest BCUT2D eigenvalue weighted by atomic mass is 9.97. The molecule has 3 aromatic carbocycles. The zero-order chi connectivity index (χ0) is 26.4. The van der Waals surface area contributed by atoms with Gasteiger partial charge in [0.15, 0.2) is 0 Å². The molecule has 0 aliphatic carbocycles. The standard InChI is InChI=1S/C30H32FN3O3/c1-4-37-27(35)15-10-21-6-5-7-22(18-21)29(28-25-14-11-23(31)19-26(25)33-30(28)36)32-24-12-8-20(9-13-24)16-17-34(2)3/h5-9,11-14,18-19,32H,4,10,15-17H2,1-3H3,(H,33,36). The lowest BCUT2D eigenvalue weighted by Crippen LogP contribution is -2.15. The van der Waals surface area contributed by atoms with E-state index in [0.717, 1.165) is 29.8 Å². The third-order valence-corrected chi connectivity index (χ3v) is 6.19. The molecule has 0 unspecified atom stereocenters. The van der Waals surface area contributed by atoms with Gasteiger partial charge in [-0.1, -0.05) is 30.3 Å². The number of halogens is 1. The van der Waals surface area contributed by atoms with Crippen molar-refractivity contribution >= 4 is 34.5 Å². The molecule has 0 bridgehead atoms. The van der Waals surface area contributed by atoms with Crippen molar-refractivity contribution in [2.75, 3.05) is 37.9 Å². The van der Waals surface area contributed by atoms with Crippen molar-refractivity contribution in [3.63, 3.8) is 0 Å². The van der Waals surface area contributed by atoms with Gasteiger partial charge >= 0.3 is 5.97 Å². The summed E-state index contributed by atoms with van der Waals surface area (Å²) < 4.78 is 18.9. The number of ether oxygens (including phenoxy) is 1. The monoisotopic (exact) mass is 501 g/mol. The smallest absolute Gasteiger partial charge is 0.306 e. The first-order valence-corrected chi connectivity index (χ1v) is 12.4. The average Bonchev–Trinajstić information content (AvgIpc) is 3.20. The normalized spacial score (nSPS) is 13.8. The molecule has 0 saturated carbocycles. The highest BCUT2D eigenvalue weighted by molar-refractivity contribution is 6.37. The number of hydrogen-bond acceptors (Lipinski definition) is 5. The fraction of sp³-hybridized carbons (Fsp3) is 0.267. The molecule has 1 heterocycles. The Labute approximate surface area is 217 Å². The van der Waals surface area contributed by atoms with E-state index >= 15 is 0 Å². The first-order valence-electron chi connectivity index (χ1n) is 12.4. The van der Waals surface area contributed by atoms with Crippen LogP contribution in [0.15, 0.2) is 66.7 Å². The van der Waals surface area contributed by atoms with Crippen molar-refractivity contribution < 1.29 is 18.7 Å². The number of amides is 1. The van der Waals surface area contributed by atoms with E-state index in [4.69, 9.17) is 4.74 Å². The molecule has 0 aromatic heterocycles. The fourth-order valence-electron chi connectivity index (χ4n) is 4.29. The van der Waals surface area contributed by atoms with Gasteiger partial charge in [-0.25, -0.2) is 4.39 Å². The summed E-state index contributed by atoms with van der Waals surface area (Å²) in [6, 6.07) is 20.2. The Kier molecular flexibility index (Phi) is 8.36. The molecule has 6 nitrogen and oxygen atoms in total. The molecular weight excluding hydrogens is 469 g/mol. The summed E-state index contributed by atoms with van der Waals surface area (Å²) in [5, 5.41) is 6.24. The highest BCUT2D eigenvalue weighted by Crippen LogP contribution is 2.38. The number of carbonyl (C=O) groups is 2. The van der Waals surface area contributed by atoms with Gasteiger partial charge in [0.1, 0.15) is 5.82 Å². The molecule has 1 amide bonds. The number of carbonyl (C=O) groups excluding carboxylic acids is 2. The summed E-state index contributed by atoms with van der Waals surface area (Å²) in [6.45, 7) is 3.09. The quantitative estimate of drug-likeness (QED) is 0.289. The van der Waals surface area contributed by atoms with Crippen molar-refractivity contribution in [2.45, 2.75) is 26.2 Å². The Morgan fingerprint density at radius 3 is 2.51 bits per heavy atom. The summed E-state index contributed by atoms with van der Waals surface area (Å²) in [7, 11) is 4.09. The van der Waals surface area contributed by atoms with Gasteiger partial charge in [-0.3, -0.25) is 9.59 Å². The van der Waals surface area contributed by atoms with E-state index in [9.17, 15) is 14.0 Å². The van der Waals surface area contributed by atoms with Gasteiger partial charge in [0.2, 0.25) is 0 Å². The van der Waals surface area contributed by atoms with E-state index in [0.29, 0.717) is 35.5 Å². The maximum absolute atomic E-state index is 13.9. The molecule has 4 rings (SSSR count). The van der Waals surface area contributed by atoms with Crippen LogP contribution in [0.25, 0.3) is 11.3 Å². The van der Waals surface area contributed by atoms with Crippen LogP contribution in [0.5, 0.6) is 0 Å². The molecular formula is C30H32FN3O3. The lowest BCUT2D eigenvalue weighted by molar-refractivity contribution is -0.143. The Bertz CT molecular complexity index is 1320. The Morgan fingerprint density at radius 1 is 1.00 bits per heavy atom. The van der Waals surface area contributed by atoms with Crippen LogP contribution in [0.2, 0.25) is 0 Å². The van der Waals surface area contributed by atoms with Crippen molar-refractivity contribution in [1.29, 1.82) is 0 Å². The average molecular weight is 502 g/mol. The zero-order valence-corrected chi connectivity index (χ0v) is 21.4. The van der Waals surface area contributed by atoms with E-state index in [1.54, 1.807) is 13.0 Å². The maximum atomic E-state index is 13.9. The topological polar surface area (TPSA) is 70.7 Å². The number of anilines is 2. The summed E-state index contributed by atoms with van der Waals surface area (Å²) in [5.74, 6) is -0.961. The summed E-state index contributed by atoms with van der Waals surface area (Å²) in [6.07, 6.45) is 1.72. The van der Waals surface area contributed by atoms with Crippen LogP contribution < -0.4 is 10.6 Å². The predicted molar refractivity (Wildman–Crippen MR) is 146 cm³/mol. The number of aryl methyl sites for hydroxylation is 1. The molecule has 0 spiro atoms. The number of nitrogens with one attached hydrogen (secondary N) is 2. The van der Waals surface area contributed by atoms with Crippen LogP contribution in [0, 0.1) is 5.82 Å². The molecule has 2 N–H and O–H groups in total. The van der Waals surface area contributed by atoms with Gasteiger partial charge in [0.05, 0.1) is 23.6 Å². The second-order valence-electron chi connectivity index (χ2n) is 9.27. The molecule has 37 heavy (non-hydrogen) atoms. The van der Waals surface area contributed by atoms with Gasteiger partial charge in [-0.05, 0) is 86.9 Å². The zero-order valence-electron chi connectivity index (χ0n) is 21.4. The highest BCUT2D eigenvalue weighted by atomic mass is 19.1. The van der Waals surface area contributed by atoms with Crippen LogP contribution in [-0.4, -0.2) is 44.0 Å². The van der Waals surface area contributed by atoms with Crippen molar-refractivity contribution in [2.24, 2.45) is 0 Å². The molecule has 7 heteroatoms. The molecule has 3 aromatic rings. The Hall–Kier alpha value is -3.97. The number of esters is 1. The summed E-state index contributed by atoms with van der Waals surface area (Å²) in [5.41, 5.74) is 5.91. The number of hydrogen-bond donors (Lipinski definition) is 2. The van der Waals surface area contributed by atoms with E-state index in [2.05, 4.69) is 27.7 Å². The maximum Gasteiger partial charge on any atom is 0.306 e. The number of likely N-dealkylation sites (N-methyl/N-ethyl adjacent to an activating group) is 1. The van der Waals surface area contributed by atoms with E-state index in [1.807, 2.05) is 50.5 Å². The predicted octanol–water partition coefficient (Wildman–Crippen LogP) is 5.36. The Balaban J connectivity index is 1.71. The summed E-state index contributed by atoms with van der Waals surface area (Å²) >= 11 is 0. The highest BCUT2D eigenvalue weighted by Gasteiger charge is 2.29. The van der Waals surface area contributed by atoms with Gasteiger partial charge in [0, 0.05) is 24.2 Å². The van der Waals surface area contributed by atoms with Crippen LogP contribution in [0.3, 0.4) is 0 Å². The molecule has 1 aliphatic heterocycles. The van der Waals surface area contributed by atoms with Gasteiger partial charge in [-0.2, -0.15) is 0 Å². The lowest BCUT2D eigenvalue weighted by Gasteiger charge is -2.16. The van der Waals surface area contributed by atoms with Crippen molar-refractivity contribution in [1.82, 2.24) is 4.90 Å². The third kappa shape index (κ3) is 6.62. The number of fused-ring (bicyclic) bond motifs is 1. The minimum Gasteiger partial charge on any atom is -0.466 e. The fourth-order valence-corrected chi connectivity index (χ4v) is 4.29. The molecule has 0 fully saturated rings. The second kappa shape index (κ2) is 11.8. The van der Waals surface area contributed by atoms with Gasteiger partial charge in [0.25, 0.3) is 5.91 Å². The molecule has 192 valence electrons. The number of rotatable bonds is 10. The molecule has 1 aliphatic rings. The SMILES string of the molecule is CCOC(=O)CCc1cccc(C(Nc2ccc(CCN(C)C)cc2)=C2C(=O)Nc3cc(F)ccc32)c1. The third-order valence-electron chi connectivity index (χ3n) is 6.19. The van der Waals surface area contributed by atoms with Crippen LogP contribution in [0.4, 0.5) is 15.8 Å². The molecule has 0 saturated heterocycles. The number of nitrogens with zero attached hydrogens (tertiary/aromatic N) is 1. The van der Waals surface area contributed by atoms with Crippen molar-refractivity contribution in [3.05, 3.63) is 94.8 Å². The molecule has 0 radical (unpaired) electrons. The van der Waals surface area contributed by atoms with E-state index in [-0.39, 0.29) is 18.3 Å². The number of benzene rings is 3. The largest absolute Gasteiger partial charge is 0.466 e. The first kappa shape index (κ1) is 26.1. The summed E-state index contributed by atoms with van der Waals surface area (Å²) in [4.78, 5) is 27.1. The Morgan fingerprint density at radius 2 is 1.78 bits per heavy atom. The second-order valence-corrected chi connectivity index (χ2v) is 9.27. The first-order chi connectivity index (χ1) is 17.8. The van der Waals surface area contributed by atoms with Crippen LogP contribution >= 0.6 is 0 Å².